The highest BCUT2D eigenvalue weighted by atomic mass is 16.6. The zero-order valence-electron chi connectivity index (χ0n) is 17.0. The van der Waals surface area contributed by atoms with E-state index in [0.29, 0.717) is 19.4 Å². The Hall–Kier alpha value is -2.32. The Kier molecular flexibility index (Phi) is 8.05. The van der Waals surface area contributed by atoms with E-state index in [2.05, 4.69) is 16.0 Å². The Morgan fingerprint density at radius 3 is 2.33 bits per heavy atom. The lowest BCUT2D eigenvalue weighted by Gasteiger charge is -2.27. The van der Waals surface area contributed by atoms with Crippen molar-refractivity contribution >= 4 is 23.8 Å². The maximum absolute atomic E-state index is 12.6. The van der Waals surface area contributed by atoms with Crippen LogP contribution in [0.25, 0.3) is 0 Å². The van der Waals surface area contributed by atoms with E-state index in [1.54, 1.807) is 20.8 Å². The first-order chi connectivity index (χ1) is 12.5. The molecule has 0 bridgehead atoms. The monoisotopic (exact) mass is 384 g/mol. The minimum Gasteiger partial charge on any atom is -0.444 e. The molecule has 0 radical (unpaired) electrons. The molecule has 1 aliphatic rings. The van der Waals surface area contributed by atoms with Gasteiger partial charge in [0.05, 0.1) is 0 Å². The molecule has 4 amide bonds. The van der Waals surface area contributed by atoms with Crippen molar-refractivity contribution < 1.29 is 23.9 Å². The molecule has 3 N–H and O–H groups in total. The standard InChI is InChI=1S/C18H32N4O5/c1-11(2)14(16(25)19-6)21-15(24)12-8-7-9-22(12)13(23)10-20-17(26)27-18(3,4)5/h11-12,14H,7-10H2,1-6H3,(H,19,25)(H,20,26)(H,21,24). The van der Waals surface area contributed by atoms with E-state index in [-0.39, 0.29) is 30.2 Å². The van der Waals surface area contributed by atoms with Gasteiger partial charge in [-0.15, -0.1) is 0 Å². The van der Waals surface area contributed by atoms with Crippen LogP contribution in [-0.4, -0.2) is 66.5 Å². The molecule has 9 nitrogen and oxygen atoms in total. The highest BCUT2D eigenvalue weighted by molar-refractivity contribution is 5.93. The molecular formula is C18H32N4O5. The van der Waals surface area contributed by atoms with E-state index in [1.165, 1.54) is 11.9 Å². The molecule has 2 atom stereocenters. The van der Waals surface area contributed by atoms with Gasteiger partial charge in [0.1, 0.15) is 24.2 Å². The summed E-state index contributed by atoms with van der Waals surface area (Å²) in [4.78, 5) is 50.1. The van der Waals surface area contributed by atoms with E-state index in [4.69, 9.17) is 4.74 Å². The summed E-state index contributed by atoms with van der Waals surface area (Å²) in [5.74, 6) is -1.09. The molecule has 154 valence electrons. The second-order valence-electron chi connectivity index (χ2n) is 7.95. The smallest absolute Gasteiger partial charge is 0.408 e. The summed E-state index contributed by atoms with van der Waals surface area (Å²) < 4.78 is 5.10. The van der Waals surface area contributed by atoms with Crippen LogP contribution in [0.1, 0.15) is 47.5 Å². The number of ether oxygens (including phenoxy) is 1. The molecule has 2 unspecified atom stereocenters. The molecule has 1 rings (SSSR count). The van der Waals surface area contributed by atoms with Crippen molar-refractivity contribution in [2.24, 2.45) is 5.92 Å². The molecule has 0 aromatic rings. The molecule has 0 spiro atoms. The number of carbonyl (C=O) groups excluding carboxylic acids is 4. The summed E-state index contributed by atoms with van der Waals surface area (Å²) in [6, 6.07) is -1.32. The zero-order valence-corrected chi connectivity index (χ0v) is 17.0. The van der Waals surface area contributed by atoms with Gasteiger partial charge in [-0.1, -0.05) is 13.8 Å². The number of hydrogen-bond donors (Lipinski definition) is 3. The van der Waals surface area contributed by atoms with Gasteiger partial charge in [0, 0.05) is 13.6 Å². The van der Waals surface area contributed by atoms with Gasteiger partial charge < -0.3 is 25.6 Å². The molecule has 0 aromatic heterocycles. The van der Waals surface area contributed by atoms with E-state index < -0.39 is 23.8 Å². The second kappa shape index (κ2) is 9.57. The summed E-state index contributed by atoms with van der Waals surface area (Å²) in [5.41, 5.74) is -0.658. The van der Waals surface area contributed by atoms with Crippen LogP contribution in [0.5, 0.6) is 0 Å². The molecule has 9 heteroatoms. The molecule has 0 aliphatic carbocycles. The Morgan fingerprint density at radius 2 is 1.81 bits per heavy atom. The van der Waals surface area contributed by atoms with E-state index >= 15 is 0 Å². The predicted molar refractivity (Wildman–Crippen MR) is 99.8 cm³/mol. The number of carbonyl (C=O) groups is 4. The third kappa shape index (κ3) is 7.07. The van der Waals surface area contributed by atoms with Crippen molar-refractivity contribution in [2.45, 2.75) is 65.1 Å². The number of alkyl carbamates (subject to hydrolysis) is 1. The van der Waals surface area contributed by atoms with Crippen LogP contribution in [0.4, 0.5) is 4.79 Å². The van der Waals surface area contributed by atoms with E-state index in [0.717, 1.165) is 0 Å². The fourth-order valence-corrected chi connectivity index (χ4v) is 2.84. The summed E-state index contributed by atoms with van der Waals surface area (Å²) in [6.07, 6.45) is 0.515. The largest absolute Gasteiger partial charge is 0.444 e. The minimum atomic E-state index is -0.685. The molecular weight excluding hydrogens is 352 g/mol. The number of likely N-dealkylation sites (N-methyl/N-ethyl adjacent to an activating group) is 1. The highest BCUT2D eigenvalue weighted by Gasteiger charge is 2.36. The van der Waals surface area contributed by atoms with Crippen LogP contribution in [0.15, 0.2) is 0 Å². The minimum absolute atomic E-state index is 0.0895. The van der Waals surface area contributed by atoms with E-state index in [9.17, 15) is 19.2 Å². The maximum atomic E-state index is 12.6. The zero-order chi connectivity index (χ0) is 20.8. The highest BCUT2D eigenvalue weighted by Crippen LogP contribution is 2.18. The number of rotatable bonds is 6. The summed E-state index contributed by atoms with van der Waals surface area (Å²) in [5, 5.41) is 7.68. The first-order valence-corrected chi connectivity index (χ1v) is 9.24. The van der Waals surface area contributed by atoms with Crippen LogP contribution < -0.4 is 16.0 Å². The molecule has 1 heterocycles. The van der Waals surface area contributed by atoms with Gasteiger partial charge >= 0.3 is 6.09 Å². The number of amides is 4. The third-order valence-corrected chi connectivity index (χ3v) is 4.15. The van der Waals surface area contributed by atoms with Gasteiger partial charge in [0.25, 0.3) is 0 Å². The van der Waals surface area contributed by atoms with Gasteiger partial charge in [-0.05, 0) is 39.5 Å². The maximum Gasteiger partial charge on any atom is 0.408 e. The SMILES string of the molecule is CNC(=O)C(NC(=O)C1CCCN1C(=O)CNC(=O)OC(C)(C)C)C(C)C. The van der Waals surface area contributed by atoms with Gasteiger partial charge in [-0.25, -0.2) is 4.79 Å². The Bertz CT molecular complexity index is 571. The average Bonchev–Trinajstić information content (AvgIpc) is 3.04. The molecule has 1 fully saturated rings. The summed E-state index contributed by atoms with van der Waals surface area (Å²) in [7, 11) is 1.51. The van der Waals surface area contributed by atoms with E-state index in [1.807, 2.05) is 13.8 Å². The number of nitrogens with zero attached hydrogens (tertiary/aromatic N) is 1. The fraction of sp³-hybridized carbons (Fsp3) is 0.778. The van der Waals surface area contributed by atoms with Gasteiger partial charge in [-0.3, -0.25) is 14.4 Å². The molecule has 27 heavy (non-hydrogen) atoms. The lowest BCUT2D eigenvalue weighted by atomic mass is 10.0. The molecule has 0 aromatic carbocycles. The van der Waals surface area contributed by atoms with Crippen LogP contribution in [0.3, 0.4) is 0 Å². The normalized spacial score (nSPS) is 18.0. The second-order valence-corrected chi connectivity index (χ2v) is 7.95. The van der Waals surface area contributed by atoms with Crippen molar-refractivity contribution in [2.75, 3.05) is 20.1 Å². The van der Waals surface area contributed by atoms with Crippen molar-refractivity contribution in [1.29, 1.82) is 0 Å². The molecule has 0 saturated carbocycles. The Balaban J connectivity index is 2.66. The fourth-order valence-electron chi connectivity index (χ4n) is 2.84. The molecule has 1 saturated heterocycles. The van der Waals surface area contributed by atoms with Gasteiger partial charge in [-0.2, -0.15) is 0 Å². The van der Waals surface area contributed by atoms with Crippen molar-refractivity contribution in [3.05, 3.63) is 0 Å². The lowest BCUT2D eigenvalue weighted by molar-refractivity contribution is -0.139. The summed E-state index contributed by atoms with van der Waals surface area (Å²) in [6.45, 7) is 9.04. The van der Waals surface area contributed by atoms with Crippen molar-refractivity contribution in [3.8, 4) is 0 Å². The Morgan fingerprint density at radius 1 is 1.19 bits per heavy atom. The number of nitrogens with one attached hydrogen (secondary N) is 3. The van der Waals surface area contributed by atoms with Crippen LogP contribution in [0, 0.1) is 5.92 Å². The van der Waals surface area contributed by atoms with Crippen molar-refractivity contribution in [1.82, 2.24) is 20.9 Å². The predicted octanol–water partition coefficient (Wildman–Crippen LogP) is 0.389. The molecule has 1 aliphatic heterocycles. The number of likely N-dealkylation sites (tertiary alicyclic amines) is 1. The summed E-state index contributed by atoms with van der Waals surface area (Å²) >= 11 is 0. The topological polar surface area (TPSA) is 117 Å². The quantitative estimate of drug-likeness (QED) is 0.612. The first kappa shape index (κ1) is 22.7. The van der Waals surface area contributed by atoms with Crippen LogP contribution in [-0.2, 0) is 19.1 Å². The first-order valence-electron chi connectivity index (χ1n) is 9.24. The van der Waals surface area contributed by atoms with Crippen LogP contribution >= 0.6 is 0 Å². The van der Waals surface area contributed by atoms with Gasteiger partial charge in [0.15, 0.2) is 0 Å². The lowest BCUT2D eigenvalue weighted by Crippen LogP contribution is -2.55. The number of hydrogen-bond acceptors (Lipinski definition) is 5. The van der Waals surface area contributed by atoms with Gasteiger partial charge in [0.2, 0.25) is 17.7 Å². The third-order valence-electron chi connectivity index (χ3n) is 4.15. The average molecular weight is 384 g/mol. The Labute approximate surface area is 160 Å². The van der Waals surface area contributed by atoms with Crippen molar-refractivity contribution in [3.63, 3.8) is 0 Å². The van der Waals surface area contributed by atoms with Crippen LogP contribution in [0.2, 0.25) is 0 Å².